The summed E-state index contributed by atoms with van der Waals surface area (Å²) in [4.78, 5) is 25.0. The second-order valence-electron chi connectivity index (χ2n) is 9.57. The van der Waals surface area contributed by atoms with Gasteiger partial charge in [-0.1, -0.05) is 72.6 Å². The van der Waals surface area contributed by atoms with Crippen LogP contribution in [-0.2, 0) is 4.79 Å². The number of ketones is 1. The molecule has 180 valence electrons. The molecule has 0 fully saturated rings. The van der Waals surface area contributed by atoms with Crippen molar-refractivity contribution in [2.75, 3.05) is 11.9 Å². The highest BCUT2D eigenvalue weighted by Gasteiger charge is 2.27. The minimum atomic E-state index is -0.869. The topological polar surface area (TPSA) is 75.6 Å². The van der Waals surface area contributed by atoms with Gasteiger partial charge in [-0.2, -0.15) is 0 Å². The molecule has 5 nitrogen and oxygen atoms in total. The molecule has 1 aromatic carbocycles. The van der Waals surface area contributed by atoms with Gasteiger partial charge in [-0.05, 0) is 42.9 Å². The third kappa shape index (κ3) is 7.83. The largest absolute Gasteiger partial charge is 0.486 e. The number of aliphatic carboxylic acids is 1. The lowest BCUT2D eigenvalue weighted by atomic mass is 9.88. The van der Waals surface area contributed by atoms with E-state index >= 15 is 0 Å². The highest BCUT2D eigenvalue weighted by Crippen LogP contribution is 2.37. The van der Waals surface area contributed by atoms with Gasteiger partial charge in [-0.15, -0.1) is 0 Å². The molecular weight excluding hydrogens is 402 g/mol. The fourth-order valence-corrected chi connectivity index (χ4v) is 4.42. The Morgan fingerprint density at radius 1 is 1.06 bits per heavy atom. The molecule has 5 heteroatoms. The van der Waals surface area contributed by atoms with Crippen molar-refractivity contribution >= 4 is 17.4 Å². The van der Waals surface area contributed by atoms with Gasteiger partial charge in [-0.3, -0.25) is 9.59 Å². The standard InChI is InChI=1S/C27H43NO4/c1-5-7-9-11-13-20(27(30)31)15-25(29)23-16-24-26(17-22(23)19(3)4)32-21(18-28-24)14-12-10-8-6-2/h16-17,19-21,28H,5-15,18H2,1-4H3,(H,30,31). The van der Waals surface area contributed by atoms with Crippen LogP contribution < -0.4 is 10.1 Å². The van der Waals surface area contributed by atoms with Gasteiger partial charge in [0.05, 0.1) is 18.2 Å². The van der Waals surface area contributed by atoms with E-state index in [2.05, 4.69) is 33.0 Å². The number of carbonyl (C=O) groups is 2. The average molecular weight is 446 g/mol. The summed E-state index contributed by atoms with van der Waals surface area (Å²) in [6, 6.07) is 3.88. The molecule has 0 saturated heterocycles. The Kier molecular flexibility index (Phi) is 11.1. The Hall–Kier alpha value is -2.04. The lowest BCUT2D eigenvalue weighted by Gasteiger charge is -2.29. The van der Waals surface area contributed by atoms with Crippen molar-refractivity contribution in [2.24, 2.45) is 5.92 Å². The van der Waals surface area contributed by atoms with E-state index in [1.54, 1.807) is 0 Å². The summed E-state index contributed by atoms with van der Waals surface area (Å²) < 4.78 is 6.27. The van der Waals surface area contributed by atoms with Crippen LogP contribution >= 0.6 is 0 Å². The van der Waals surface area contributed by atoms with Gasteiger partial charge < -0.3 is 15.2 Å². The lowest BCUT2D eigenvalue weighted by molar-refractivity contribution is -0.141. The number of carboxylic acid groups (broad SMARTS) is 1. The average Bonchev–Trinajstić information content (AvgIpc) is 2.77. The highest BCUT2D eigenvalue weighted by atomic mass is 16.5. The second-order valence-corrected chi connectivity index (χ2v) is 9.57. The number of benzene rings is 1. The van der Waals surface area contributed by atoms with Crippen LogP contribution in [0.4, 0.5) is 5.69 Å². The molecule has 0 saturated carbocycles. The van der Waals surface area contributed by atoms with E-state index in [-0.39, 0.29) is 24.2 Å². The van der Waals surface area contributed by atoms with Crippen LogP contribution in [0.5, 0.6) is 5.75 Å². The summed E-state index contributed by atoms with van der Waals surface area (Å²) in [6.45, 7) is 9.22. The van der Waals surface area contributed by atoms with Gasteiger partial charge in [-0.25, -0.2) is 0 Å². The third-order valence-corrected chi connectivity index (χ3v) is 6.45. The number of carbonyl (C=O) groups excluding carboxylic acids is 1. The number of rotatable bonds is 15. The predicted molar refractivity (Wildman–Crippen MR) is 131 cm³/mol. The maximum absolute atomic E-state index is 13.2. The Bertz CT molecular complexity index is 743. The molecule has 32 heavy (non-hydrogen) atoms. The molecule has 0 bridgehead atoms. The molecule has 1 aliphatic rings. The number of hydrogen-bond donors (Lipinski definition) is 2. The van der Waals surface area contributed by atoms with Gasteiger partial charge in [0, 0.05) is 12.0 Å². The molecule has 2 atom stereocenters. The molecule has 0 aliphatic carbocycles. The number of carboxylic acids is 1. The molecule has 1 aromatic rings. The van der Waals surface area contributed by atoms with Gasteiger partial charge in [0.15, 0.2) is 5.78 Å². The van der Waals surface area contributed by atoms with E-state index in [1.165, 1.54) is 19.3 Å². The molecule has 0 radical (unpaired) electrons. The van der Waals surface area contributed by atoms with Crippen LogP contribution in [0.1, 0.15) is 120 Å². The summed E-state index contributed by atoms with van der Waals surface area (Å²) in [5.41, 5.74) is 2.42. The van der Waals surface area contributed by atoms with E-state index in [4.69, 9.17) is 4.74 Å². The van der Waals surface area contributed by atoms with Crippen molar-refractivity contribution in [3.05, 3.63) is 23.3 Å². The quantitative estimate of drug-likeness (QED) is 0.220. The normalized spacial score (nSPS) is 16.2. The first kappa shape index (κ1) is 26.2. The number of Topliss-reactive ketones (excluding diaryl/α,β-unsaturated/α-hetero) is 1. The Morgan fingerprint density at radius 2 is 1.75 bits per heavy atom. The maximum Gasteiger partial charge on any atom is 0.306 e. The molecule has 2 unspecified atom stereocenters. The molecule has 1 aliphatic heterocycles. The first-order valence-electron chi connectivity index (χ1n) is 12.7. The molecule has 2 rings (SSSR count). The van der Waals surface area contributed by atoms with Crippen molar-refractivity contribution in [3.63, 3.8) is 0 Å². The predicted octanol–water partition coefficient (Wildman–Crippen LogP) is 7.20. The Balaban J connectivity index is 2.11. The van der Waals surface area contributed by atoms with Gasteiger partial charge in [0.2, 0.25) is 0 Å². The molecule has 0 spiro atoms. The molecule has 2 N–H and O–H groups in total. The summed E-state index contributed by atoms with van der Waals surface area (Å²) in [6.07, 6.45) is 10.8. The zero-order valence-corrected chi connectivity index (χ0v) is 20.5. The first-order valence-corrected chi connectivity index (χ1v) is 12.7. The smallest absolute Gasteiger partial charge is 0.306 e. The van der Waals surface area contributed by atoms with Crippen molar-refractivity contribution in [2.45, 2.75) is 110 Å². The summed E-state index contributed by atoms with van der Waals surface area (Å²) in [5, 5.41) is 13.1. The second kappa shape index (κ2) is 13.5. The maximum atomic E-state index is 13.2. The lowest BCUT2D eigenvalue weighted by Crippen LogP contribution is -2.31. The van der Waals surface area contributed by atoms with Crippen LogP contribution in [0, 0.1) is 5.92 Å². The zero-order valence-electron chi connectivity index (χ0n) is 20.5. The summed E-state index contributed by atoms with van der Waals surface area (Å²) in [7, 11) is 0. The van der Waals surface area contributed by atoms with Crippen molar-refractivity contribution in [1.82, 2.24) is 0 Å². The Morgan fingerprint density at radius 3 is 2.38 bits per heavy atom. The van der Waals surface area contributed by atoms with E-state index in [0.717, 1.165) is 62.1 Å². The van der Waals surface area contributed by atoms with E-state index in [9.17, 15) is 14.7 Å². The minimum absolute atomic E-state index is 0.0564. The zero-order chi connectivity index (χ0) is 23.5. The Labute approximate surface area is 194 Å². The fourth-order valence-electron chi connectivity index (χ4n) is 4.42. The summed E-state index contributed by atoms with van der Waals surface area (Å²) in [5.74, 6) is -0.603. The first-order chi connectivity index (χ1) is 15.4. The van der Waals surface area contributed by atoms with Crippen molar-refractivity contribution in [3.8, 4) is 5.75 Å². The number of anilines is 1. The number of hydrogen-bond acceptors (Lipinski definition) is 4. The van der Waals surface area contributed by atoms with E-state index < -0.39 is 11.9 Å². The number of nitrogens with one attached hydrogen (secondary N) is 1. The minimum Gasteiger partial charge on any atom is -0.486 e. The number of unbranched alkanes of at least 4 members (excludes halogenated alkanes) is 6. The van der Waals surface area contributed by atoms with Crippen molar-refractivity contribution in [1.29, 1.82) is 0 Å². The number of fused-ring (bicyclic) bond motifs is 1. The van der Waals surface area contributed by atoms with E-state index in [0.29, 0.717) is 12.0 Å². The van der Waals surface area contributed by atoms with Crippen LogP contribution in [0.15, 0.2) is 12.1 Å². The van der Waals surface area contributed by atoms with Crippen LogP contribution in [0.25, 0.3) is 0 Å². The van der Waals surface area contributed by atoms with Gasteiger partial charge in [0.25, 0.3) is 0 Å². The SMILES string of the molecule is CCCCCCC1CNc2cc(C(=O)CC(CCCCCC)C(=O)O)c(C(C)C)cc2O1. The fraction of sp³-hybridized carbons (Fsp3) is 0.704. The van der Waals surface area contributed by atoms with Crippen LogP contribution in [-0.4, -0.2) is 29.5 Å². The van der Waals surface area contributed by atoms with Gasteiger partial charge in [0.1, 0.15) is 11.9 Å². The van der Waals surface area contributed by atoms with Crippen molar-refractivity contribution < 1.29 is 19.4 Å². The molecule has 0 aromatic heterocycles. The molecular formula is C27H43NO4. The molecule has 0 amide bonds. The third-order valence-electron chi connectivity index (χ3n) is 6.45. The molecule has 1 heterocycles. The summed E-state index contributed by atoms with van der Waals surface area (Å²) >= 11 is 0. The van der Waals surface area contributed by atoms with E-state index in [1.807, 2.05) is 12.1 Å². The monoisotopic (exact) mass is 445 g/mol. The van der Waals surface area contributed by atoms with Crippen LogP contribution in [0.3, 0.4) is 0 Å². The van der Waals surface area contributed by atoms with Crippen LogP contribution in [0.2, 0.25) is 0 Å². The highest BCUT2D eigenvalue weighted by molar-refractivity contribution is 6.00. The number of ether oxygens (including phenoxy) is 1. The van der Waals surface area contributed by atoms with Gasteiger partial charge >= 0.3 is 5.97 Å².